The molecule has 0 amide bonds. The summed E-state index contributed by atoms with van der Waals surface area (Å²) in [5.74, 6) is -1.03. The number of hydrogen-bond donors (Lipinski definition) is 1. The van der Waals surface area contributed by atoms with Crippen LogP contribution in [0.15, 0.2) is 33.9 Å². The quantitative estimate of drug-likeness (QED) is 0.506. The number of hydrogen-bond acceptors (Lipinski definition) is 7. The zero-order chi connectivity index (χ0) is 14.7. The predicted molar refractivity (Wildman–Crippen MR) is 69.3 cm³/mol. The molecule has 0 aliphatic rings. The summed E-state index contributed by atoms with van der Waals surface area (Å²) in [4.78, 5) is 21.1. The number of aliphatic carboxylic acids is 1. The van der Waals surface area contributed by atoms with Crippen LogP contribution in [0.1, 0.15) is 6.92 Å². The molecule has 1 aromatic heterocycles. The summed E-state index contributed by atoms with van der Waals surface area (Å²) in [6, 6.07) is 5.95. The number of aromatic nitrogens is 2. The molecule has 104 valence electrons. The van der Waals surface area contributed by atoms with Crippen molar-refractivity contribution in [2.45, 2.75) is 17.4 Å². The van der Waals surface area contributed by atoms with Gasteiger partial charge in [0.25, 0.3) is 16.8 Å². The number of nitro groups is 1. The van der Waals surface area contributed by atoms with Crippen molar-refractivity contribution in [1.29, 1.82) is 0 Å². The van der Waals surface area contributed by atoms with E-state index in [1.807, 2.05) is 0 Å². The number of rotatable bonds is 5. The molecule has 0 bridgehead atoms. The van der Waals surface area contributed by atoms with Gasteiger partial charge in [0.2, 0.25) is 0 Å². The van der Waals surface area contributed by atoms with Crippen LogP contribution < -0.4 is 0 Å². The van der Waals surface area contributed by atoms with E-state index in [2.05, 4.69) is 10.2 Å². The van der Waals surface area contributed by atoms with Gasteiger partial charge in [-0.25, -0.2) is 0 Å². The number of para-hydroxylation sites is 1. The minimum atomic E-state index is -1.01. The first-order chi connectivity index (χ1) is 9.49. The lowest BCUT2D eigenvalue weighted by Crippen LogP contribution is -2.10. The first kappa shape index (κ1) is 14.0. The molecule has 0 spiro atoms. The van der Waals surface area contributed by atoms with Crippen LogP contribution in [0, 0.1) is 10.1 Å². The van der Waals surface area contributed by atoms with Crippen LogP contribution in [-0.2, 0) is 4.79 Å². The molecule has 0 saturated heterocycles. The summed E-state index contributed by atoms with van der Waals surface area (Å²) >= 11 is 0.872. The van der Waals surface area contributed by atoms with Crippen LogP contribution in [0.5, 0.6) is 0 Å². The van der Waals surface area contributed by atoms with Crippen molar-refractivity contribution < 1.29 is 19.2 Å². The summed E-state index contributed by atoms with van der Waals surface area (Å²) in [6.07, 6.45) is 0. The Morgan fingerprint density at radius 1 is 1.45 bits per heavy atom. The van der Waals surface area contributed by atoms with Gasteiger partial charge in [-0.3, -0.25) is 14.9 Å². The molecule has 2 aromatic rings. The molecule has 8 nitrogen and oxygen atoms in total. The van der Waals surface area contributed by atoms with Gasteiger partial charge in [0, 0.05) is 6.07 Å². The molecule has 2 rings (SSSR count). The highest BCUT2D eigenvalue weighted by atomic mass is 32.2. The largest absolute Gasteiger partial charge is 0.480 e. The Morgan fingerprint density at radius 3 is 2.80 bits per heavy atom. The standard InChI is InChI=1S/C11H9N3O5S/c1-6(10(15)16)20-11-13-12-9(19-11)7-4-2-3-5-8(7)14(17)18/h2-6H,1H3,(H,15,16)/t6-/m1/s1. The number of carbonyl (C=O) groups is 1. The number of benzene rings is 1. The van der Waals surface area contributed by atoms with E-state index in [-0.39, 0.29) is 22.4 Å². The maximum Gasteiger partial charge on any atom is 0.316 e. The van der Waals surface area contributed by atoms with Gasteiger partial charge in [0.15, 0.2) is 0 Å². The van der Waals surface area contributed by atoms with E-state index in [0.717, 1.165) is 11.8 Å². The summed E-state index contributed by atoms with van der Waals surface area (Å²) in [5, 5.41) is 26.4. The molecular weight excluding hydrogens is 286 g/mol. The summed E-state index contributed by atoms with van der Waals surface area (Å²) in [6.45, 7) is 1.47. The van der Waals surface area contributed by atoms with Crippen LogP contribution in [0.2, 0.25) is 0 Å². The third-order valence-corrected chi connectivity index (χ3v) is 3.28. The van der Waals surface area contributed by atoms with Gasteiger partial charge in [-0.15, -0.1) is 10.2 Å². The van der Waals surface area contributed by atoms with Crippen molar-refractivity contribution in [3.05, 3.63) is 34.4 Å². The van der Waals surface area contributed by atoms with Crippen LogP contribution in [0.25, 0.3) is 11.5 Å². The second kappa shape index (κ2) is 5.70. The highest BCUT2D eigenvalue weighted by Gasteiger charge is 2.21. The molecule has 1 N–H and O–H groups in total. The fourth-order valence-electron chi connectivity index (χ4n) is 1.38. The molecule has 0 radical (unpaired) electrons. The smallest absolute Gasteiger partial charge is 0.316 e. The zero-order valence-corrected chi connectivity index (χ0v) is 11.0. The van der Waals surface area contributed by atoms with Gasteiger partial charge >= 0.3 is 5.97 Å². The van der Waals surface area contributed by atoms with Crippen molar-refractivity contribution >= 4 is 23.4 Å². The van der Waals surface area contributed by atoms with E-state index in [9.17, 15) is 14.9 Å². The van der Waals surface area contributed by atoms with Crippen molar-refractivity contribution in [3.63, 3.8) is 0 Å². The first-order valence-electron chi connectivity index (χ1n) is 5.46. The molecule has 0 unspecified atom stereocenters. The maximum absolute atomic E-state index is 10.9. The van der Waals surface area contributed by atoms with E-state index < -0.39 is 16.1 Å². The van der Waals surface area contributed by atoms with Crippen molar-refractivity contribution in [2.75, 3.05) is 0 Å². The van der Waals surface area contributed by atoms with Gasteiger partial charge in [-0.2, -0.15) is 0 Å². The number of carboxylic acids is 1. The molecule has 0 aliphatic carbocycles. The van der Waals surface area contributed by atoms with Crippen molar-refractivity contribution in [2.24, 2.45) is 0 Å². The van der Waals surface area contributed by atoms with Gasteiger partial charge in [0.1, 0.15) is 10.8 Å². The molecule has 1 heterocycles. The van der Waals surface area contributed by atoms with E-state index in [0.29, 0.717) is 0 Å². The van der Waals surface area contributed by atoms with Gasteiger partial charge < -0.3 is 9.52 Å². The number of nitrogens with zero attached hydrogens (tertiary/aromatic N) is 3. The summed E-state index contributed by atoms with van der Waals surface area (Å²) in [7, 11) is 0. The second-order valence-electron chi connectivity index (χ2n) is 3.75. The first-order valence-corrected chi connectivity index (χ1v) is 6.33. The third kappa shape index (κ3) is 2.94. The molecule has 20 heavy (non-hydrogen) atoms. The number of nitro benzene ring substituents is 1. The highest BCUT2D eigenvalue weighted by Crippen LogP contribution is 2.31. The summed E-state index contributed by atoms with van der Waals surface area (Å²) < 4.78 is 5.25. The SMILES string of the molecule is C[C@@H](Sc1nnc(-c2ccccc2[N+](=O)[O-])o1)C(=O)O. The van der Waals surface area contributed by atoms with Crippen molar-refractivity contribution in [3.8, 4) is 11.5 Å². The van der Waals surface area contributed by atoms with Crippen LogP contribution >= 0.6 is 11.8 Å². The monoisotopic (exact) mass is 295 g/mol. The minimum absolute atomic E-state index is 0.0163. The van der Waals surface area contributed by atoms with Gasteiger partial charge in [0.05, 0.1) is 4.92 Å². The molecule has 0 saturated carbocycles. The lowest BCUT2D eigenvalue weighted by molar-refractivity contribution is -0.384. The Labute approximate surface area is 117 Å². The van der Waals surface area contributed by atoms with E-state index in [4.69, 9.17) is 9.52 Å². The third-order valence-electron chi connectivity index (χ3n) is 2.36. The minimum Gasteiger partial charge on any atom is -0.480 e. The average molecular weight is 295 g/mol. The van der Waals surface area contributed by atoms with E-state index >= 15 is 0 Å². The lowest BCUT2D eigenvalue weighted by atomic mass is 10.2. The Bertz CT molecular complexity index is 657. The molecule has 1 atom stereocenters. The molecular formula is C11H9N3O5S. The Kier molecular flexibility index (Phi) is 3.99. The van der Waals surface area contributed by atoms with Gasteiger partial charge in [-0.1, -0.05) is 23.9 Å². The molecule has 9 heteroatoms. The average Bonchev–Trinajstić information content (AvgIpc) is 2.87. The second-order valence-corrected chi connectivity index (χ2v) is 5.04. The lowest BCUT2D eigenvalue weighted by Gasteiger charge is -2.00. The van der Waals surface area contributed by atoms with E-state index in [1.165, 1.54) is 25.1 Å². The van der Waals surface area contributed by atoms with Crippen LogP contribution in [-0.4, -0.2) is 31.4 Å². The Balaban J connectivity index is 2.30. The predicted octanol–water partition coefficient (Wildman–Crippen LogP) is 2.21. The normalized spacial score (nSPS) is 12.1. The number of carboxylic acid groups (broad SMARTS) is 1. The molecule has 1 aromatic carbocycles. The fraction of sp³-hybridized carbons (Fsp3) is 0.182. The fourth-order valence-corrected chi connectivity index (χ4v) is 2.00. The topological polar surface area (TPSA) is 119 Å². The summed E-state index contributed by atoms with van der Waals surface area (Å²) in [5.41, 5.74) is 0.0406. The van der Waals surface area contributed by atoms with Gasteiger partial charge in [-0.05, 0) is 13.0 Å². The van der Waals surface area contributed by atoms with E-state index in [1.54, 1.807) is 6.07 Å². The Morgan fingerprint density at radius 2 is 2.15 bits per heavy atom. The van der Waals surface area contributed by atoms with Crippen LogP contribution in [0.4, 0.5) is 5.69 Å². The molecule has 0 fully saturated rings. The molecule has 0 aliphatic heterocycles. The highest BCUT2D eigenvalue weighted by molar-refractivity contribution is 8.00. The van der Waals surface area contributed by atoms with Crippen LogP contribution in [0.3, 0.4) is 0 Å². The van der Waals surface area contributed by atoms with Crippen molar-refractivity contribution in [1.82, 2.24) is 10.2 Å². The number of thioether (sulfide) groups is 1. The maximum atomic E-state index is 10.9. The zero-order valence-electron chi connectivity index (χ0n) is 10.2. The Hall–Kier alpha value is -2.42.